The van der Waals surface area contributed by atoms with Crippen LogP contribution in [0.3, 0.4) is 0 Å². The molecule has 2 N–H and O–H groups in total. The maximum absolute atomic E-state index is 12.6. The molecule has 0 radical (unpaired) electrons. The van der Waals surface area contributed by atoms with E-state index < -0.39 is 0 Å². The number of benzene rings is 1. The second-order valence-corrected chi connectivity index (χ2v) is 9.17. The van der Waals surface area contributed by atoms with Crippen molar-refractivity contribution in [2.45, 2.75) is 33.9 Å². The summed E-state index contributed by atoms with van der Waals surface area (Å²) >= 11 is 6.65. The number of aryl methyl sites for hydroxylation is 1. The molecular formula is C29H30ClN5O3. The molecule has 38 heavy (non-hydrogen) atoms. The number of allylic oxidation sites excluding steroid dienone is 2. The second-order valence-electron chi connectivity index (χ2n) is 8.76. The minimum absolute atomic E-state index is 0.106. The minimum Gasteiger partial charge on any atom is -0.486 e. The molecule has 0 aliphatic carbocycles. The molecule has 0 spiro atoms. The van der Waals surface area contributed by atoms with Crippen molar-refractivity contribution in [2.24, 2.45) is 4.99 Å². The van der Waals surface area contributed by atoms with Crippen molar-refractivity contribution in [3.63, 3.8) is 0 Å². The number of methoxy groups -OCH3 is 1. The zero-order valence-electron chi connectivity index (χ0n) is 22.1. The van der Waals surface area contributed by atoms with Crippen LogP contribution < -0.4 is 20.8 Å². The molecule has 0 aliphatic heterocycles. The van der Waals surface area contributed by atoms with Gasteiger partial charge < -0.3 is 19.8 Å². The topological polar surface area (TPSA) is 105 Å². The Hall–Kier alpha value is -4.17. The lowest BCUT2D eigenvalue weighted by Crippen LogP contribution is -2.23. The van der Waals surface area contributed by atoms with E-state index in [4.69, 9.17) is 31.8 Å². The minimum atomic E-state index is -0.314. The fourth-order valence-corrected chi connectivity index (χ4v) is 4.51. The van der Waals surface area contributed by atoms with Gasteiger partial charge in [0.2, 0.25) is 5.88 Å². The standard InChI is InChI=1S/C29H30ClN5O3/c1-6-17(2)27(32-4)20-13-18(3)33-28-19(20)9-7-11-25(28)38-16-21-22(30)14-26(37-5)34-24(21)15-35-12-8-10-23(31)29(35)36/h6-14H,15-16,31H2,1-5H3/b17-6-,32-27+. The zero-order valence-corrected chi connectivity index (χ0v) is 22.8. The number of para-hydroxylation sites is 1. The van der Waals surface area contributed by atoms with E-state index in [0.717, 1.165) is 33.4 Å². The summed E-state index contributed by atoms with van der Waals surface area (Å²) in [6, 6.07) is 12.7. The number of fused-ring (bicyclic) bond motifs is 1. The SMILES string of the molecule is C/C=C(C)\C(=N/C)c1cc(C)nc2c(OCc3c(Cl)cc(OC)nc3Cn3cccc(N)c3=O)cccc12. The highest BCUT2D eigenvalue weighted by atomic mass is 35.5. The van der Waals surface area contributed by atoms with E-state index in [9.17, 15) is 4.79 Å². The number of ether oxygens (including phenoxy) is 2. The van der Waals surface area contributed by atoms with E-state index >= 15 is 0 Å². The molecule has 1 aromatic carbocycles. The van der Waals surface area contributed by atoms with Crippen molar-refractivity contribution >= 4 is 33.9 Å². The first kappa shape index (κ1) is 26.9. The van der Waals surface area contributed by atoms with Crippen LogP contribution in [0, 0.1) is 6.92 Å². The second kappa shape index (κ2) is 11.5. The molecule has 3 heterocycles. The Morgan fingerprint density at radius 2 is 2.00 bits per heavy atom. The predicted molar refractivity (Wildman–Crippen MR) is 153 cm³/mol. The van der Waals surface area contributed by atoms with Crippen LogP contribution in [0.5, 0.6) is 11.6 Å². The summed E-state index contributed by atoms with van der Waals surface area (Å²) in [5.74, 6) is 0.934. The van der Waals surface area contributed by atoms with Gasteiger partial charge in [-0.15, -0.1) is 0 Å². The van der Waals surface area contributed by atoms with Crippen LogP contribution in [-0.2, 0) is 13.2 Å². The van der Waals surface area contributed by atoms with Gasteiger partial charge in [-0.1, -0.05) is 29.8 Å². The molecule has 9 heteroatoms. The fourth-order valence-electron chi connectivity index (χ4n) is 4.25. The number of anilines is 1. The van der Waals surface area contributed by atoms with Crippen LogP contribution in [0.15, 0.2) is 70.1 Å². The Labute approximate surface area is 226 Å². The fraction of sp³-hybridized carbons (Fsp3) is 0.241. The van der Waals surface area contributed by atoms with Gasteiger partial charge in [-0.2, -0.15) is 0 Å². The molecule has 196 valence electrons. The largest absolute Gasteiger partial charge is 0.486 e. The van der Waals surface area contributed by atoms with Gasteiger partial charge in [0, 0.05) is 41.5 Å². The predicted octanol–water partition coefficient (Wildman–Crippen LogP) is 5.36. The van der Waals surface area contributed by atoms with Crippen LogP contribution in [0.25, 0.3) is 10.9 Å². The highest BCUT2D eigenvalue weighted by Crippen LogP contribution is 2.31. The molecule has 0 fully saturated rings. The van der Waals surface area contributed by atoms with Gasteiger partial charge in [-0.3, -0.25) is 9.79 Å². The Balaban J connectivity index is 1.76. The number of hydrogen-bond acceptors (Lipinski definition) is 7. The molecule has 0 saturated carbocycles. The van der Waals surface area contributed by atoms with Crippen LogP contribution in [-0.4, -0.2) is 34.4 Å². The summed E-state index contributed by atoms with van der Waals surface area (Å²) < 4.78 is 13.1. The Morgan fingerprint density at radius 1 is 1.21 bits per heavy atom. The maximum atomic E-state index is 12.6. The molecule has 0 atom stereocenters. The van der Waals surface area contributed by atoms with E-state index in [1.54, 1.807) is 31.4 Å². The number of nitrogens with two attached hydrogens (primary N) is 1. The molecule has 0 unspecified atom stereocenters. The van der Waals surface area contributed by atoms with Crippen LogP contribution in [0.2, 0.25) is 5.02 Å². The number of pyridine rings is 3. The first-order chi connectivity index (χ1) is 18.3. The van der Waals surface area contributed by atoms with Crippen molar-refractivity contribution in [3.8, 4) is 11.6 Å². The lowest BCUT2D eigenvalue weighted by Gasteiger charge is -2.17. The summed E-state index contributed by atoms with van der Waals surface area (Å²) in [7, 11) is 3.30. The molecular weight excluding hydrogens is 502 g/mol. The zero-order chi connectivity index (χ0) is 27.4. The average molecular weight is 532 g/mol. The van der Waals surface area contributed by atoms with E-state index in [-0.39, 0.29) is 24.4 Å². The van der Waals surface area contributed by atoms with Crippen molar-refractivity contribution < 1.29 is 9.47 Å². The highest BCUT2D eigenvalue weighted by molar-refractivity contribution is 6.31. The first-order valence-corrected chi connectivity index (χ1v) is 12.5. The van der Waals surface area contributed by atoms with Crippen molar-refractivity contribution in [3.05, 3.63) is 98.2 Å². The lowest BCUT2D eigenvalue weighted by atomic mass is 9.98. The Kier molecular flexibility index (Phi) is 8.12. The summed E-state index contributed by atoms with van der Waals surface area (Å²) in [6.45, 7) is 6.23. The number of nitrogens with zero attached hydrogens (tertiary/aromatic N) is 4. The van der Waals surface area contributed by atoms with Crippen LogP contribution >= 0.6 is 11.6 Å². The molecule has 0 bridgehead atoms. The first-order valence-electron chi connectivity index (χ1n) is 12.1. The number of rotatable bonds is 8. The van der Waals surface area contributed by atoms with E-state index in [1.807, 2.05) is 51.1 Å². The quantitative estimate of drug-likeness (QED) is 0.307. The Morgan fingerprint density at radius 3 is 2.71 bits per heavy atom. The summed E-state index contributed by atoms with van der Waals surface area (Å²) in [4.78, 5) is 26.4. The number of aliphatic imine (C=N–C) groups is 1. The summed E-state index contributed by atoms with van der Waals surface area (Å²) in [5.41, 5.74) is 11.4. The van der Waals surface area contributed by atoms with Crippen molar-refractivity contribution in [1.82, 2.24) is 14.5 Å². The van der Waals surface area contributed by atoms with Crippen LogP contribution in [0.4, 0.5) is 5.69 Å². The van der Waals surface area contributed by atoms with Gasteiger partial charge in [0.1, 0.15) is 17.9 Å². The summed E-state index contributed by atoms with van der Waals surface area (Å²) in [6.07, 6.45) is 3.69. The number of hydrogen-bond donors (Lipinski definition) is 1. The van der Waals surface area contributed by atoms with E-state index in [0.29, 0.717) is 27.9 Å². The monoisotopic (exact) mass is 531 g/mol. The molecule has 4 aromatic rings. The van der Waals surface area contributed by atoms with Crippen molar-refractivity contribution in [1.29, 1.82) is 0 Å². The van der Waals surface area contributed by atoms with Gasteiger partial charge in [0.05, 0.1) is 35.8 Å². The molecule has 0 saturated heterocycles. The van der Waals surface area contributed by atoms with Gasteiger partial charge in [0.15, 0.2) is 0 Å². The lowest BCUT2D eigenvalue weighted by molar-refractivity contribution is 0.306. The van der Waals surface area contributed by atoms with Gasteiger partial charge >= 0.3 is 0 Å². The van der Waals surface area contributed by atoms with E-state index in [2.05, 4.69) is 9.98 Å². The van der Waals surface area contributed by atoms with E-state index in [1.165, 1.54) is 11.7 Å². The molecule has 0 amide bonds. The third-order valence-corrected chi connectivity index (χ3v) is 6.64. The van der Waals surface area contributed by atoms with Crippen LogP contribution in [0.1, 0.15) is 36.4 Å². The number of nitrogen functional groups attached to an aromatic ring is 1. The molecule has 4 rings (SSSR count). The third kappa shape index (κ3) is 5.40. The molecule has 3 aromatic heterocycles. The molecule has 8 nitrogen and oxygen atoms in total. The third-order valence-electron chi connectivity index (χ3n) is 6.30. The highest BCUT2D eigenvalue weighted by Gasteiger charge is 2.17. The molecule has 0 aliphatic rings. The van der Waals surface area contributed by atoms with Gasteiger partial charge in [-0.25, -0.2) is 9.97 Å². The normalized spacial score (nSPS) is 12.2. The van der Waals surface area contributed by atoms with Crippen molar-refractivity contribution in [2.75, 3.05) is 19.9 Å². The maximum Gasteiger partial charge on any atom is 0.274 e. The number of halogens is 1. The smallest absolute Gasteiger partial charge is 0.274 e. The average Bonchev–Trinajstić information content (AvgIpc) is 2.90. The number of aromatic nitrogens is 3. The summed E-state index contributed by atoms with van der Waals surface area (Å²) in [5, 5.41) is 1.35. The van der Waals surface area contributed by atoms with Gasteiger partial charge in [-0.05, 0) is 50.6 Å². The van der Waals surface area contributed by atoms with Gasteiger partial charge in [0.25, 0.3) is 5.56 Å². The Bertz CT molecular complexity index is 1630.